The summed E-state index contributed by atoms with van der Waals surface area (Å²) in [6.07, 6.45) is 24.0. The fraction of sp³-hybridized carbons (Fsp3) is 0.935. The topological polar surface area (TPSA) is 125 Å². The number of aliphatic imine (C=N–C) groups is 2. The maximum absolute atomic E-state index is 12.8. The van der Waals surface area contributed by atoms with Crippen molar-refractivity contribution in [2.45, 2.75) is 199 Å². The molecule has 0 aromatic rings. The van der Waals surface area contributed by atoms with E-state index in [9.17, 15) is 9.59 Å². The Labute approximate surface area is 340 Å². The Kier molecular flexibility index (Phi) is 18.3. The van der Waals surface area contributed by atoms with Crippen LogP contribution in [0.25, 0.3) is 0 Å². The van der Waals surface area contributed by atoms with Gasteiger partial charge in [-0.3, -0.25) is 4.90 Å². The first-order valence-corrected chi connectivity index (χ1v) is 23.4. The predicted octanol–water partition coefficient (Wildman–Crippen LogP) is 10.4. The van der Waals surface area contributed by atoms with Crippen molar-refractivity contribution in [2.75, 3.05) is 32.8 Å². The van der Waals surface area contributed by atoms with Gasteiger partial charge < -0.3 is 25.2 Å². The van der Waals surface area contributed by atoms with E-state index in [1.165, 1.54) is 89.9 Å². The van der Waals surface area contributed by atoms with E-state index in [0.29, 0.717) is 43.0 Å². The van der Waals surface area contributed by atoms with Crippen molar-refractivity contribution in [2.24, 2.45) is 51.4 Å². The van der Waals surface area contributed by atoms with Gasteiger partial charge in [-0.1, -0.05) is 52.4 Å². The van der Waals surface area contributed by atoms with Crippen molar-refractivity contribution in [3.05, 3.63) is 0 Å². The van der Waals surface area contributed by atoms with Crippen molar-refractivity contribution in [1.82, 2.24) is 15.5 Å². The number of carbonyl (C=O) groups is 2. The highest BCUT2D eigenvalue weighted by Gasteiger charge is 2.36. The molecule has 0 bridgehead atoms. The van der Waals surface area contributed by atoms with Crippen LogP contribution in [0, 0.1) is 41.4 Å². The van der Waals surface area contributed by atoms with E-state index in [1.54, 1.807) is 0 Å². The third-order valence-corrected chi connectivity index (χ3v) is 15.0. The second-order valence-corrected chi connectivity index (χ2v) is 19.6. The molecule has 56 heavy (non-hydrogen) atoms. The normalized spacial score (nSPS) is 33.3. The van der Waals surface area contributed by atoms with Gasteiger partial charge in [-0.05, 0) is 159 Å². The van der Waals surface area contributed by atoms with Gasteiger partial charge in [-0.2, -0.15) is 0 Å². The quantitative estimate of drug-likeness (QED) is 0.0642. The van der Waals surface area contributed by atoms with E-state index in [0.717, 1.165) is 88.3 Å². The van der Waals surface area contributed by atoms with E-state index in [2.05, 4.69) is 56.2 Å². The summed E-state index contributed by atoms with van der Waals surface area (Å²) in [7, 11) is 0. The molecule has 4 unspecified atom stereocenters. The van der Waals surface area contributed by atoms with E-state index in [4.69, 9.17) is 24.6 Å². The number of carboxylic acid groups (broad SMARTS) is 1. The van der Waals surface area contributed by atoms with Crippen molar-refractivity contribution in [3.63, 3.8) is 0 Å². The first kappa shape index (κ1) is 44.9. The van der Waals surface area contributed by atoms with Crippen LogP contribution in [0.3, 0.4) is 0 Å². The number of rotatable bonds is 20. The third kappa shape index (κ3) is 15.2. The zero-order valence-electron chi connectivity index (χ0n) is 36.2. The number of nitrogens with one attached hydrogen (secondary N) is 2. The van der Waals surface area contributed by atoms with Crippen molar-refractivity contribution in [1.29, 1.82) is 0 Å². The largest absolute Gasteiger partial charge is 0.465 e. The maximum atomic E-state index is 12.8. The molecule has 4 atom stereocenters. The van der Waals surface area contributed by atoms with E-state index < -0.39 is 6.09 Å². The molecular weight excluding hydrogens is 703 g/mol. The molecule has 5 fully saturated rings. The van der Waals surface area contributed by atoms with Gasteiger partial charge in [-0.15, -0.1) is 0 Å². The number of unbranched alkanes of at least 4 members (excludes halogenated alkanes) is 1. The van der Waals surface area contributed by atoms with Crippen molar-refractivity contribution in [3.8, 4) is 0 Å². The summed E-state index contributed by atoms with van der Waals surface area (Å²) in [5.74, 6) is 5.04. The molecule has 10 heteroatoms. The molecule has 0 radical (unpaired) electrons. The zero-order valence-corrected chi connectivity index (χ0v) is 36.2. The highest BCUT2D eigenvalue weighted by molar-refractivity contribution is 5.67. The number of ether oxygens (including phenoxy) is 2. The lowest BCUT2D eigenvalue weighted by molar-refractivity contribution is 0.0118. The Morgan fingerprint density at radius 3 is 1.98 bits per heavy atom. The summed E-state index contributed by atoms with van der Waals surface area (Å²) in [4.78, 5) is 36.0. The van der Waals surface area contributed by atoms with E-state index in [-0.39, 0.29) is 23.8 Å². The van der Waals surface area contributed by atoms with Crippen molar-refractivity contribution >= 4 is 18.2 Å². The molecule has 10 nitrogen and oxygen atoms in total. The van der Waals surface area contributed by atoms with Crippen LogP contribution in [0.5, 0.6) is 0 Å². The molecule has 2 amide bonds. The number of hydrogen-bond donors (Lipinski definition) is 3. The first-order chi connectivity index (χ1) is 27.0. The second-order valence-electron chi connectivity index (χ2n) is 19.6. The maximum Gasteiger partial charge on any atom is 0.407 e. The smallest absolute Gasteiger partial charge is 0.407 e. The minimum Gasteiger partial charge on any atom is -0.465 e. The van der Waals surface area contributed by atoms with E-state index >= 15 is 0 Å². The summed E-state index contributed by atoms with van der Waals surface area (Å²) < 4.78 is 11.7. The molecule has 5 rings (SSSR count). The Hall–Kier alpha value is -2.16. The molecule has 0 spiro atoms. The van der Waals surface area contributed by atoms with Crippen LogP contribution in [0.1, 0.15) is 169 Å². The van der Waals surface area contributed by atoms with Crippen molar-refractivity contribution < 1.29 is 24.2 Å². The lowest BCUT2D eigenvalue weighted by Gasteiger charge is -2.38. The zero-order chi connectivity index (χ0) is 39.9. The third-order valence-electron chi connectivity index (χ3n) is 15.0. The molecule has 3 N–H and O–H groups in total. The van der Waals surface area contributed by atoms with Crippen LogP contribution in [0.4, 0.5) is 9.59 Å². The number of alkyl carbamates (subject to hydrolysis) is 1. The number of amides is 2. The van der Waals surface area contributed by atoms with Crippen LogP contribution in [0.2, 0.25) is 0 Å². The molecule has 320 valence electrons. The molecule has 1 heterocycles. The SMILES string of the molecule is CCCCOCC(CN1CC1C)OC(=O)NCC(CC)C1CCC(CC2CCC(N=C=NC(C)(C)C3CCC(CC4CCC(NC(=O)O)CC4)CC3)CC2)CC1. The highest BCUT2D eigenvalue weighted by atomic mass is 16.6. The summed E-state index contributed by atoms with van der Waals surface area (Å²) in [6.45, 7) is 15.0. The molecule has 1 saturated heterocycles. The average molecular weight is 784 g/mol. The highest BCUT2D eigenvalue weighted by Crippen LogP contribution is 2.42. The fourth-order valence-corrected chi connectivity index (χ4v) is 10.9. The monoisotopic (exact) mass is 784 g/mol. The van der Waals surface area contributed by atoms with Gasteiger partial charge in [0.2, 0.25) is 0 Å². The number of hydrogen-bond acceptors (Lipinski definition) is 7. The number of carbonyl (C=O) groups excluding carboxylic acids is 1. The first-order valence-electron chi connectivity index (χ1n) is 23.4. The predicted molar refractivity (Wildman–Crippen MR) is 226 cm³/mol. The molecule has 1 aliphatic heterocycles. The summed E-state index contributed by atoms with van der Waals surface area (Å²) in [5, 5.41) is 14.8. The Morgan fingerprint density at radius 1 is 0.857 bits per heavy atom. The van der Waals surface area contributed by atoms with Gasteiger partial charge in [0.25, 0.3) is 0 Å². The van der Waals surface area contributed by atoms with E-state index in [1.807, 2.05) is 0 Å². The summed E-state index contributed by atoms with van der Waals surface area (Å²) >= 11 is 0. The lowest BCUT2D eigenvalue weighted by atomic mass is 9.70. The Bertz CT molecular complexity index is 1220. The molecule has 0 aromatic carbocycles. The molecular formula is C46H81N5O5. The molecule has 5 aliphatic rings. The van der Waals surface area contributed by atoms with Gasteiger partial charge in [0.05, 0.1) is 24.2 Å². The summed E-state index contributed by atoms with van der Waals surface area (Å²) in [5.41, 5.74) is -0.111. The van der Waals surface area contributed by atoms with Crippen LogP contribution in [0.15, 0.2) is 9.98 Å². The van der Waals surface area contributed by atoms with Gasteiger partial charge in [0, 0.05) is 38.3 Å². The van der Waals surface area contributed by atoms with Gasteiger partial charge in [-0.25, -0.2) is 19.6 Å². The standard InChI is InChI=1S/C46H81N5O5/c1-6-8-25-55-31-43(30-51-29-33(51)3)56-45(54)47-28-38(7-2)39-17-9-34(10-18-39)26-36-13-21-41(22-14-36)48-32-49-46(4,5)40-19-11-35(12-20-40)27-37-15-23-42(24-16-37)50-44(52)53/h33-43,50H,6-31H2,1-5H3,(H,47,54)(H,52,53). The van der Waals surface area contributed by atoms with Gasteiger partial charge >= 0.3 is 12.2 Å². The Balaban J connectivity index is 0.936. The van der Waals surface area contributed by atoms with Crippen LogP contribution >= 0.6 is 0 Å². The number of nitrogens with zero attached hydrogens (tertiary/aromatic N) is 3. The van der Waals surface area contributed by atoms with Gasteiger partial charge in [0.15, 0.2) is 0 Å². The lowest BCUT2D eigenvalue weighted by Crippen LogP contribution is -2.39. The van der Waals surface area contributed by atoms with Crippen LogP contribution < -0.4 is 10.6 Å². The summed E-state index contributed by atoms with van der Waals surface area (Å²) in [6, 6.07) is 4.32. The Morgan fingerprint density at radius 2 is 1.43 bits per heavy atom. The van der Waals surface area contributed by atoms with Crippen LogP contribution in [-0.2, 0) is 9.47 Å². The van der Waals surface area contributed by atoms with Gasteiger partial charge in [0.1, 0.15) is 6.10 Å². The minimum atomic E-state index is -0.881. The fourth-order valence-electron chi connectivity index (χ4n) is 10.9. The second kappa shape index (κ2) is 22.8. The minimum absolute atomic E-state index is 0.111. The molecule has 4 aliphatic carbocycles. The molecule has 0 aromatic heterocycles. The van der Waals surface area contributed by atoms with Crippen LogP contribution in [-0.4, -0.2) is 90.8 Å². The average Bonchev–Trinajstić information content (AvgIpc) is 3.89. The molecule has 4 saturated carbocycles.